The molecule has 8 bridgehead atoms. The van der Waals surface area contributed by atoms with Gasteiger partial charge in [0.15, 0.2) is 0 Å². The van der Waals surface area contributed by atoms with Gasteiger partial charge in [-0.05, 0) is 82.2 Å². The number of nitrogens with one attached hydrogen (secondary N) is 1. The van der Waals surface area contributed by atoms with Crippen LogP contribution < -0.4 is 10.9 Å². The fraction of sp³-hybridized carbons (Fsp3) is 0.606. The van der Waals surface area contributed by atoms with E-state index in [1.807, 2.05) is 17.9 Å². The first-order valence-electron chi connectivity index (χ1n) is 16.2. The van der Waals surface area contributed by atoms with Crippen molar-refractivity contribution in [1.29, 1.82) is 0 Å². The van der Waals surface area contributed by atoms with Crippen LogP contribution in [0.3, 0.4) is 0 Å². The highest BCUT2D eigenvalue weighted by Gasteiger charge is 2.43. The summed E-state index contributed by atoms with van der Waals surface area (Å²) in [5.41, 5.74) is 1.45. The maximum atomic E-state index is 15.8. The minimum atomic E-state index is -3.12. The molecule has 12 heteroatoms. The van der Waals surface area contributed by atoms with Crippen molar-refractivity contribution in [2.24, 2.45) is 5.92 Å². The van der Waals surface area contributed by atoms with Gasteiger partial charge in [-0.15, -0.1) is 0 Å². The number of benzene rings is 1. The van der Waals surface area contributed by atoms with Gasteiger partial charge in [-0.3, -0.25) is 9.36 Å². The molecule has 0 spiro atoms. The van der Waals surface area contributed by atoms with Gasteiger partial charge in [0.05, 0.1) is 16.9 Å². The SMILES string of the molecule is C[C@H]1Nc2ncnc3c2cc(C2CCS(=O)(=O)CC2)c(=O)n3CCCCCC(F)CN2CCC(CC2)C(F)(F)c2cccc1c2. The minimum absolute atomic E-state index is 0.0303. The second-order valence-electron chi connectivity index (χ2n) is 13.1. The number of aromatic nitrogens is 3. The van der Waals surface area contributed by atoms with Crippen LogP contribution >= 0.6 is 0 Å². The van der Waals surface area contributed by atoms with E-state index in [1.165, 1.54) is 12.4 Å². The van der Waals surface area contributed by atoms with Crippen molar-refractivity contribution in [2.45, 2.75) is 88.9 Å². The zero-order chi connectivity index (χ0) is 31.8. The molecule has 6 heterocycles. The highest BCUT2D eigenvalue weighted by atomic mass is 32.2. The molecule has 4 aliphatic rings. The maximum Gasteiger partial charge on any atom is 0.276 e. The largest absolute Gasteiger partial charge is 0.363 e. The average molecular weight is 646 g/mol. The topological polar surface area (TPSA) is 97.2 Å². The second-order valence-corrected chi connectivity index (χ2v) is 15.4. The molecule has 2 atom stereocenters. The fourth-order valence-electron chi connectivity index (χ4n) is 7.22. The van der Waals surface area contributed by atoms with Crippen LogP contribution in [0, 0.1) is 5.92 Å². The van der Waals surface area contributed by atoms with Gasteiger partial charge in [-0.2, -0.15) is 0 Å². The number of alkyl halides is 3. The molecule has 4 aliphatic heterocycles. The Morgan fingerprint density at radius 1 is 0.956 bits per heavy atom. The number of sulfone groups is 1. The van der Waals surface area contributed by atoms with Crippen LogP contribution in [0.4, 0.5) is 19.0 Å². The molecule has 1 N–H and O–H groups in total. The zero-order valence-corrected chi connectivity index (χ0v) is 26.5. The summed E-state index contributed by atoms with van der Waals surface area (Å²) in [4.78, 5) is 24.8. The van der Waals surface area contributed by atoms with E-state index in [1.54, 1.807) is 22.8 Å². The highest BCUT2D eigenvalue weighted by Crippen LogP contribution is 2.42. The number of aryl methyl sites for hydroxylation is 1. The van der Waals surface area contributed by atoms with Gasteiger partial charge in [0, 0.05) is 36.2 Å². The Balaban J connectivity index is 1.39. The van der Waals surface area contributed by atoms with E-state index >= 15 is 8.78 Å². The van der Waals surface area contributed by atoms with Crippen molar-refractivity contribution in [3.8, 4) is 0 Å². The van der Waals surface area contributed by atoms with E-state index in [2.05, 4.69) is 15.3 Å². The van der Waals surface area contributed by atoms with E-state index in [-0.39, 0.29) is 41.1 Å². The maximum absolute atomic E-state index is 15.8. The molecular weight excluding hydrogens is 603 g/mol. The van der Waals surface area contributed by atoms with E-state index < -0.39 is 27.8 Å². The lowest BCUT2D eigenvalue weighted by Crippen LogP contribution is -2.42. The van der Waals surface area contributed by atoms with Crippen LogP contribution in [-0.4, -0.2) is 65.2 Å². The Bertz CT molecular complexity index is 1680. The Hall–Kier alpha value is -2.99. The number of hydrogen-bond acceptors (Lipinski definition) is 7. The Morgan fingerprint density at radius 2 is 1.71 bits per heavy atom. The van der Waals surface area contributed by atoms with Crippen LogP contribution in [0.5, 0.6) is 0 Å². The lowest BCUT2D eigenvalue weighted by molar-refractivity contribution is -0.0865. The summed E-state index contributed by atoms with van der Waals surface area (Å²) < 4.78 is 72.6. The molecule has 0 amide bonds. The molecule has 2 fully saturated rings. The number of hydrogen-bond donors (Lipinski definition) is 1. The van der Waals surface area contributed by atoms with Crippen molar-refractivity contribution in [1.82, 2.24) is 19.4 Å². The van der Waals surface area contributed by atoms with Crippen molar-refractivity contribution in [3.63, 3.8) is 0 Å². The Labute approximate surface area is 262 Å². The van der Waals surface area contributed by atoms with E-state index in [0.717, 1.165) is 6.42 Å². The number of fused-ring (bicyclic) bond motifs is 9. The lowest BCUT2D eigenvalue weighted by atomic mass is 9.85. The third-order valence-electron chi connectivity index (χ3n) is 9.99. The summed E-state index contributed by atoms with van der Waals surface area (Å²) in [5, 5.41) is 4.01. The molecule has 1 aromatic carbocycles. The molecule has 45 heavy (non-hydrogen) atoms. The zero-order valence-electron chi connectivity index (χ0n) is 25.7. The first kappa shape index (κ1) is 32.0. The number of piperidine rings is 1. The molecular formula is C33H42F3N5O3S. The molecule has 1 unspecified atom stereocenters. The van der Waals surface area contributed by atoms with Gasteiger partial charge >= 0.3 is 0 Å². The predicted octanol–water partition coefficient (Wildman–Crippen LogP) is 5.97. The first-order chi connectivity index (χ1) is 21.5. The lowest BCUT2D eigenvalue weighted by Gasteiger charge is -2.36. The highest BCUT2D eigenvalue weighted by molar-refractivity contribution is 7.91. The molecule has 2 saturated heterocycles. The fourth-order valence-corrected chi connectivity index (χ4v) is 8.71. The third-order valence-corrected chi connectivity index (χ3v) is 11.7. The summed E-state index contributed by atoms with van der Waals surface area (Å²) in [5.74, 6) is -3.50. The van der Waals surface area contributed by atoms with Crippen molar-refractivity contribution in [3.05, 3.63) is 63.7 Å². The second kappa shape index (κ2) is 13.0. The van der Waals surface area contributed by atoms with E-state index in [0.29, 0.717) is 92.6 Å². The summed E-state index contributed by atoms with van der Waals surface area (Å²) in [6.07, 6.45) is 4.12. The molecule has 3 aromatic rings. The van der Waals surface area contributed by atoms with Crippen LogP contribution in [-0.2, 0) is 22.3 Å². The number of pyridine rings is 1. The summed E-state index contributed by atoms with van der Waals surface area (Å²) in [6.45, 7) is 3.43. The van der Waals surface area contributed by atoms with Crippen LogP contribution in [0.1, 0.15) is 86.9 Å². The minimum Gasteiger partial charge on any atom is -0.363 e. The third kappa shape index (κ3) is 6.91. The molecule has 8 nitrogen and oxygen atoms in total. The van der Waals surface area contributed by atoms with Gasteiger partial charge in [-0.25, -0.2) is 31.6 Å². The van der Waals surface area contributed by atoms with Crippen molar-refractivity contribution in [2.75, 3.05) is 36.5 Å². The summed E-state index contributed by atoms with van der Waals surface area (Å²) in [6, 6.07) is 7.89. The van der Waals surface area contributed by atoms with Gasteiger partial charge in [0.2, 0.25) is 0 Å². The normalized spacial score (nSPS) is 27.9. The summed E-state index contributed by atoms with van der Waals surface area (Å²) in [7, 11) is -3.12. The molecule has 0 radical (unpaired) electrons. The molecule has 0 saturated carbocycles. The predicted molar refractivity (Wildman–Crippen MR) is 169 cm³/mol. The first-order valence-corrected chi connectivity index (χ1v) is 18.0. The number of nitrogens with zero attached hydrogens (tertiary/aromatic N) is 4. The smallest absolute Gasteiger partial charge is 0.276 e. The quantitative estimate of drug-likeness (QED) is 0.348. The number of rotatable bonds is 1. The van der Waals surface area contributed by atoms with Crippen molar-refractivity contribution < 1.29 is 21.6 Å². The number of halogens is 3. The van der Waals surface area contributed by atoms with Crippen LogP contribution in [0.15, 0.2) is 41.5 Å². The monoisotopic (exact) mass is 645 g/mol. The standard InChI is InChI=1S/C33H42F3N5O3S/c1-22-24-6-5-7-26(18-24)33(35,36)25-9-14-40(15-10-25)20-27(34)8-3-2-4-13-41-31-29(30(39-22)37-21-38-31)19-28(32(41)42)23-11-16-45(43,44)17-12-23/h5-7,18-19,21-23,25,27H,2-4,8-17,20H2,1H3,(H,37,38,39)/t22-,27?/m1/s1. The Morgan fingerprint density at radius 3 is 2.47 bits per heavy atom. The van der Waals surface area contributed by atoms with Gasteiger partial charge < -0.3 is 10.2 Å². The van der Waals surface area contributed by atoms with E-state index in [4.69, 9.17) is 0 Å². The van der Waals surface area contributed by atoms with Crippen molar-refractivity contribution >= 4 is 26.7 Å². The van der Waals surface area contributed by atoms with E-state index in [9.17, 15) is 17.6 Å². The molecule has 244 valence electrons. The average Bonchev–Trinajstić information content (AvgIpc) is 3.02. The van der Waals surface area contributed by atoms with Gasteiger partial charge in [0.1, 0.15) is 33.8 Å². The van der Waals surface area contributed by atoms with Gasteiger partial charge in [-0.1, -0.05) is 31.0 Å². The molecule has 2 aromatic heterocycles. The van der Waals surface area contributed by atoms with Gasteiger partial charge in [0.25, 0.3) is 11.5 Å². The number of anilines is 1. The van der Waals surface area contributed by atoms with Crippen LogP contribution in [0.2, 0.25) is 0 Å². The molecule has 7 rings (SSSR count). The summed E-state index contributed by atoms with van der Waals surface area (Å²) >= 11 is 0. The Kier molecular flexibility index (Phi) is 9.25. The van der Waals surface area contributed by atoms with Crippen LogP contribution in [0.25, 0.3) is 11.0 Å². The molecule has 0 aliphatic carbocycles.